The van der Waals surface area contributed by atoms with Gasteiger partial charge in [0, 0.05) is 27.2 Å². The van der Waals surface area contributed by atoms with Crippen molar-refractivity contribution in [2.24, 2.45) is 0 Å². The van der Waals surface area contributed by atoms with E-state index in [9.17, 15) is 14.4 Å². The molecule has 0 spiro atoms. The SMILES string of the molecule is CC(=O)OCC=C(C)CCC=C(C)C(CC=C(C)COC(C)=O)OC(C)=O. The van der Waals surface area contributed by atoms with E-state index < -0.39 is 0 Å². The Kier molecular flexibility index (Phi) is 12.6. The van der Waals surface area contributed by atoms with Gasteiger partial charge in [0.2, 0.25) is 0 Å². The van der Waals surface area contributed by atoms with E-state index in [-0.39, 0.29) is 37.2 Å². The highest BCUT2D eigenvalue weighted by molar-refractivity contribution is 5.67. The summed E-state index contributed by atoms with van der Waals surface area (Å²) >= 11 is 0. The summed E-state index contributed by atoms with van der Waals surface area (Å²) in [6.45, 7) is 10.4. The highest BCUT2D eigenvalue weighted by atomic mass is 16.5. The smallest absolute Gasteiger partial charge is 0.303 e. The highest BCUT2D eigenvalue weighted by Crippen LogP contribution is 2.16. The molecule has 0 aliphatic heterocycles. The standard InChI is InChI=1S/C21H32O6/c1-15(12-13-25-18(4)22)8-7-9-17(3)21(27-20(6)24)11-10-16(2)14-26-19(5)23/h9-10,12,21H,7-8,11,13-14H2,1-6H3. The number of hydrogen-bond donors (Lipinski definition) is 0. The van der Waals surface area contributed by atoms with Gasteiger partial charge in [0.25, 0.3) is 0 Å². The summed E-state index contributed by atoms with van der Waals surface area (Å²) in [6.07, 6.45) is 7.64. The molecule has 0 bridgehead atoms. The first kappa shape index (κ1) is 24.6. The largest absolute Gasteiger partial charge is 0.462 e. The number of allylic oxidation sites excluding steroid dienone is 2. The molecule has 0 N–H and O–H groups in total. The van der Waals surface area contributed by atoms with Gasteiger partial charge in [0.05, 0.1) is 0 Å². The van der Waals surface area contributed by atoms with Crippen molar-refractivity contribution < 1.29 is 28.6 Å². The lowest BCUT2D eigenvalue weighted by Gasteiger charge is -2.17. The molecule has 152 valence electrons. The number of hydrogen-bond acceptors (Lipinski definition) is 6. The van der Waals surface area contributed by atoms with Gasteiger partial charge in [-0.1, -0.05) is 17.7 Å². The Balaban J connectivity index is 4.71. The van der Waals surface area contributed by atoms with E-state index in [2.05, 4.69) is 0 Å². The summed E-state index contributed by atoms with van der Waals surface area (Å²) in [5, 5.41) is 0. The van der Waals surface area contributed by atoms with Crippen LogP contribution in [0.5, 0.6) is 0 Å². The minimum atomic E-state index is -0.347. The van der Waals surface area contributed by atoms with Crippen LogP contribution in [0.3, 0.4) is 0 Å². The lowest BCUT2D eigenvalue weighted by Crippen LogP contribution is -2.17. The van der Waals surface area contributed by atoms with Crippen LogP contribution in [-0.4, -0.2) is 37.2 Å². The summed E-state index contributed by atoms with van der Waals surface area (Å²) in [5.74, 6) is -0.959. The van der Waals surface area contributed by atoms with Gasteiger partial charge in [-0.05, 0) is 50.8 Å². The van der Waals surface area contributed by atoms with E-state index in [1.54, 1.807) is 0 Å². The van der Waals surface area contributed by atoms with E-state index in [0.29, 0.717) is 6.42 Å². The van der Waals surface area contributed by atoms with Gasteiger partial charge < -0.3 is 14.2 Å². The molecule has 0 fully saturated rings. The Bertz CT molecular complexity index is 598. The third-order valence-corrected chi connectivity index (χ3v) is 3.72. The van der Waals surface area contributed by atoms with E-state index >= 15 is 0 Å². The normalized spacial score (nSPS) is 13.8. The molecule has 0 aromatic heterocycles. The molecule has 0 aromatic rings. The molecule has 0 aromatic carbocycles. The van der Waals surface area contributed by atoms with Crippen LogP contribution >= 0.6 is 0 Å². The Morgan fingerprint density at radius 3 is 1.96 bits per heavy atom. The van der Waals surface area contributed by atoms with Crippen molar-refractivity contribution in [2.75, 3.05) is 13.2 Å². The number of ether oxygens (including phenoxy) is 3. The molecule has 1 atom stereocenters. The van der Waals surface area contributed by atoms with Gasteiger partial charge in [-0.2, -0.15) is 0 Å². The zero-order chi connectivity index (χ0) is 20.8. The Morgan fingerprint density at radius 2 is 1.41 bits per heavy atom. The topological polar surface area (TPSA) is 78.9 Å². The first-order valence-electron chi connectivity index (χ1n) is 9.03. The summed E-state index contributed by atoms with van der Waals surface area (Å²) < 4.78 is 15.2. The van der Waals surface area contributed by atoms with E-state index in [1.165, 1.54) is 20.8 Å². The number of rotatable bonds is 11. The van der Waals surface area contributed by atoms with Crippen LogP contribution in [0.4, 0.5) is 0 Å². The minimum Gasteiger partial charge on any atom is -0.462 e. The van der Waals surface area contributed by atoms with Gasteiger partial charge in [-0.25, -0.2) is 0 Å². The molecule has 1 unspecified atom stereocenters. The molecule has 0 aliphatic rings. The summed E-state index contributed by atoms with van der Waals surface area (Å²) in [6, 6.07) is 0. The first-order valence-corrected chi connectivity index (χ1v) is 9.03. The number of carbonyl (C=O) groups excluding carboxylic acids is 3. The molecule has 6 nitrogen and oxygen atoms in total. The fourth-order valence-electron chi connectivity index (χ4n) is 2.17. The fraction of sp³-hybridized carbons (Fsp3) is 0.571. The molecule has 0 aliphatic carbocycles. The van der Waals surface area contributed by atoms with Crippen molar-refractivity contribution in [3.8, 4) is 0 Å². The van der Waals surface area contributed by atoms with E-state index in [4.69, 9.17) is 14.2 Å². The lowest BCUT2D eigenvalue weighted by molar-refractivity contribution is -0.144. The number of carbonyl (C=O) groups is 3. The van der Waals surface area contributed by atoms with Gasteiger partial charge in [0.15, 0.2) is 0 Å². The monoisotopic (exact) mass is 380 g/mol. The quantitative estimate of drug-likeness (QED) is 0.306. The van der Waals surface area contributed by atoms with Crippen LogP contribution < -0.4 is 0 Å². The highest BCUT2D eigenvalue weighted by Gasteiger charge is 2.13. The average molecular weight is 380 g/mol. The van der Waals surface area contributed by atoms with Crippen LogP contribution in [0.1, 0.15) is 60.8 Å². The van der Waals surface area contributed by atoms with Gasteiger partial charge in [0.1, 0.15) is 19.3 Å². The van der Waals surface area contributed by atoms with Gasteiger partial charge >= 0.3 is 17.9 Å². The Labute approximate surface area is 162 Å². The molecule has 27 heavy (non-hydrogen) atoms. The molecule has 0 saturated carbocycles. The summed E-state index contributed by atoms with van der Waals surface area (Å²) in [7, 11) is 0. The van der Waals surface area contributed by atoms with Gasteiger partial charge in [-0.15, -0.1) is 0 Å². The van der Waals surface area contributed by atoms with Crippen molar-refractivity contribution in [3.63, 3.8) is 0 Å². The van der Waals surface area contributed by atoms with Crippen LogP contribution in [0.15, 0.2) is 34.9 Å². The van der Waals surface area contributed by atoms with Crippen LogP contribution in [-0.2, 0) is 28.6 Å². The van der Waals surface area contributed by atoms with E-state index in [0.717, 1.165) is 29.6 Å². The van der Waals surface area contributed by atoms with Crippen LogP contribution in [0.25, 0.3) is 0 Å². The minimum absolute atomic E-state index is 0.233. The summed E-state index contributed by atoms with van der Waals surface area (Å²) in [5.41, 5.74) is 3.00. The average Bonchev–Trinajstić information content (AvgIpc) is 2.55. The second-order valence-electron chi connectivity index (χ2n) is 6.50. The zero-order valence-electron chi connectivity index (χ0n) is 17.3. The molecule has 0 amide bonds. The third-order valence-electron chi connectivity index (χ3n) is 3.72. The van der Waals surface area contributed by atoms with Crippen LogP contribution in [0, 0.1) is 0 Å². The Morgan fingerprint density at radius 1 is 0.778 bits per heavy atom. The molecule has 0 rings (SSSR count). The van der Waals surface area contributed by atoms with Crippen molar-refractivity contribution in [3.05, 3.63) is 34.9 Å². The molecular weight excluding hydrogens is 348 g/mol. The van der Waals surface area contributed by atoms with E-state index in [1.807, 2.05) is 39.0 Å². The summed E-state index contributed by atoms with van der Waals surface area (Å²) in [4.78, 5) is 33.0. The predicted molar refractivity (Wildman–Crippen MR) is 104 cm³/mol. The lowest BCUT2D eigenvalue weighted by atomic mass is 10.0. The predicted octanol–water partition coefficient (Wildman–Crippen LogP) is 4.05. The van der Waals surface area contributed by atoms with Crippen molar-refractivity contribution in [1.29, 1.82) is 0 Å². The molecule has 0 saturated heterocycles. The third kappa shape index (κ3) is 14.5. The maximum absolute atomic E-state index is 11.4. The zero-order valence-corrected chi connectivity index (χ0v) is 17.3. The second-order valence-corrected chi connectivity index (χ2v) is 6.50. The second kappa shape index (κ2) is 13.8. The van der Waals surface area contributed by atoms with Crippen molar-refractivity contribution >= 4 is 17.9 Å². The Hall–Kier alpha value is -2.37. The van der Waals surface area contributed by atoms with Crippen LogP contribution in [0.2, 0.25) is 0 Å². The molecule has 0 radical (unpaired) electrons. The first-order chi connectivity index (χ1) is 12.6. The maximum atomic E-state index is 11.4. The molecular formula is C21H32O6. The molecule has 6 heteroatoms. The van der Waals surface area contributed by atoms with Crippen molar-refractivity contribution in [1.82, 2.24) is 0 Å². The van der Waals surface area contributed by atoms with Gasteiger partial charge in [-0.3, -0.25) is 14.4 Å². The fourth-order valence-corrected chi connectivity index (χ4v) is 2.17. The molecule has 0 heterocycles. The van der Waals surface area contributed by atoms with Crippen molar-refractivity contribution in [2.45, 2.75) is 66.9 Å². The number of esters is 3. The maximum Gasteiger partial charge on any atom is 0.303 e.